The number of hydrogen-bond donors (Lipinski definition) is 1. The summed E-state index contributed by atoms with van der Waals surface area (Å²) in [6.07, 6.45) is 3.83. The van der Waals surface area contributed by atoms with Crippen LogP contribution in [0.1, 0.15) is 20.8 Å². The van der Waals surface area contributed by atoms with E-state index in [4.69, 9.17) is 0 Å². The van der Waals surface area contributed by atoms with E-state index in [2.05, 4.69) is 24.2 Å². The third kappa shape index (κ3) is 7.10. The number of hydrogen-bond acceptors (Lipinski definition) is 2. The molecule has 0 spiro atoms. The first-order valence-corrected chi connectivity index (χ1v) is 3.99. The second kappa shape index (κ2) is 5.96. The first-order chi connectivity index (χ1) is 5.16. The lowest BCUT2D eigenvalue weighted by molar-refractivity contribution is 0.610. The molecule has 0 aliphatic heterocycles. The third-order valence-electron chi connectivity index (χ3n) is 1.19. The van der Waals surface area contributed by atoms with Gasteiger partial charge in [0.1, 0.15) is 0 Å². The monoisotopic (exact) mass is 154 g/mol. The van der Waals surface area contributed by atoms with Gasteiger partial charge in [-0.1, -0.05) is 13.8 Å². The molecule has 2 heteroatoms. The molecular formula is C9H18N2. The van der Waals surface area contributed by atoms with Gasteiger partial charge in [0, 0.05) is 26.0 Å². The molecule has 0 fully saturated rings. The van der Waals surface area contributed by atoms with Crippen LogP contribution in [0.2, 0.25) is 0 Å². The maximum absolute atomic E-state index is 3.90. The predicted octanol–water partition coefficient (Wildman–Crippen LogP) is 1.84. The zero-order chi connectivity index (χ0) is 8.69. The molecule has 11 heavy (non-hydrogen) atoms. The van der Waals surface area contributed by atoms with Crippen molar-refractivity contribution in [3.05, 3.63) is 11.8 Å². The summed E-state index contributed by atoms with van der Waals surface area (Å²) >= 11 is 0. The van der Waals surface area contributed by atoms with Crippen molar-refractivity contribution in [3.63, 3.8) is 0 Å². The van der Waals surface area contributed by atoms with Gasteiger partial charge < -0.3 is 5.32 Å². The van der Waals surface area contributed by atoms with Crippen LogP contribution in [0.15, 0.2) is 16.8 Å². The summed E-state index contributed by atoms with van der Waals surface area (Å²) in [6, 6.07) is 0. The highest BCUT2D eigenvalue weighted by molar-refractivity contribution is 5.77. The highest BCUT2D eigenvalue weighted by Crippen LogP contribution is 1.89. The minimum atomic E-state index is 0.692. The van der Waals surface area contributed by atoms with E-state index in [-0.39, 0.29) is 0 Å². The van der Waals surface area contributed by atoms with Crippen LogP contribution in [-0.4, -0.2) is 19.8 Å². The molecular weight excluding hydrogens is 136 g/mol. The largest absolute Gasteiger partial charge is 0.390 e. The van der Waals surface area contributed by atoms with Crippen molar-refractivity contribution in [2.45, 2.75) is 20.8 Å². The highest BCUT2D eigenvalue weighted by Gasteiger charge is 1.88. The average Bonchev–Trinajstić information content (AvgIpc) is 1.87. The Morgan fingerprint density at radius 2 is 2.18 bits per heavy atom. The molecule has 0 saturated carbocycles. The van der Waals surface area contributed by atoms with Crippen LogP contribution in [0, 0.1) is 5.92 Å². The van der Waals surface area contributed by atoms with Crippen LogP contribution in [0.4, 0.5) is 0 Å². The van der Waals surface area contributed by atoms with Crippen molar-refractivity contribution in [1.29, 1.82) is 0 Å². The molecule has 0 aliphatic carbocycles. The second-order valence-electron chi connectivity index (χ2n) is 3.08. The van der Waals surface area contributed by atoms with E-state index >= 15 is 0 Å². The van der Waals surface area contributed by atoms with Gasteiger partial charge in [-0.15, -0.1) is 0 Å². The minimum absolute atomic E-state index is 0.692. The molecule has 0 aliphatic rings. The van der Waals surface area contributed by atoms with E-state index in [9.17, 15) is 0 Å². The Balaban J connectivity index is 3.56. The molecule has 0 bridgehead atoms. The van der Waals surface area contributed by atoms with Crippen molar-refractivity contribution in [3.8, 4) is 0 Å². The minimum Gasteiger partial charge on any atom is -0.390 e. The predicted molar refractivity (Wildman–Crippen MR) is 51.0 cm³/mol. The first kappa shape index (κ1) is 10.2. The fourth-order valence-corrected chi connectivity index (χ4v) is 0.697. The lowest BCUT2D eigenvalue weighted by atomic mass is 10.2. The molecule has 0 radical (unpaired) electrons. The summed E-state index contributed by atoms with van der Waals surface area (Å²) < 4.78 is 0. The number of rotatable bonds is 4. The van der Waals surface area contributed by atoms with Crippen molar-refractivity contribution in [1.82, 2.24) is 5.32 Å². The highest BCUT2D eigenvalue weighted by atomic mass is 14.8. The summed E-state index contributed by atoms with van der Waals surface area (Å²) in [4.78, 5) is 3.90. The number of allylic oxidation sites excluding steroid dienone is 1. The third-order valence-corrected chi connectivity index (χ3v) is 1.19. The number of nitrogens with one attached hydrogen (secondary N) is 1. The van der Waals surface area contributed by atoms with E-state index in [0.717, 1.165) is 12.1 Å². The second-order valence-corrected chi connectivity index (χ2v) is 3.08. The van der Waals surface area contributed by atoms with Gasteiger partial charge in [0.2, 0.25) is 0 Å². The molecule has 0 rings (SSSR count). The summed E-state index contributed by atoms with van der Waals surface area (Å²) in [7, 11) is 1.78. The van der Waals surface area contributed by atoms with E-state index in [1.807, 2.05) is 19.3 Å². The number of nitrogens with zero attached hydrogens (tertiary/aromatic N) is 1. The van der Waals surface area contributed by atoms with Gasteiger partial charge in [-0.3, -0.25) is 4.99 Å². The fraction of sp³-hybridized carbons (Fsp3) is 0.667. The van der Waals surface area contributed by atoms with E-state index in [0.29, 0.717) is 5.92 Å². The lowest BCUT2D eigenvalue weighted by Gasteiger charge is -2.03. The summed E-state index contributed by atoms with van der Waals surface area (Å²) in [6.45, 7) is 7.42. The first-order valence-electron chi connectivity index (χ1n) is 3.99. The van der Waals surface area contributed by atoms with Crippen LogP contribution in [-0.2, 0) is 0 Å². The fourth-order valence-electron chi connectivity index (χ4n) is 0.697. The van der Waals surface area contributed by atoms with Gasteiger partial charge in [0.15, 0.2) is 0 Å². The van der Waals surface area contributed by atoms with Crippen molar-refractivity contribution in [2.24, 2.45) is 10.9 Å². The van der Waals surface area contributed by atoms with Crippen LogP contribution in [0.3, 0.4) is 0 Å². The Morgan fingerprint density at radius 1 is 1.55 bits per heavy atom. The van der Waals surface area contributed by atoms with Gasteiger partial charge in [-0.25, -0.2) is 0 Å². The van der Waals surface area contributed by atoms with Gasteiger partial charge in [0.25, 0.3) is 0 Å². The standard InChI is InChI=1S/C9H18N2/c1-8(2)5-11-7-9(3)6-10-4/h6-8,11H,5H2,1-4H3/b9-7-,10-6-. The quantitative estimate of drug-likeness (QED) is 0.614. The molecule has 0 aromatic heterocycles. The van der Waals surface area contributed by atoms with Gasteiger partial charge in [-0.05, 0) is 18.4 Å². The molecule has 1 N–H and O–H groups in total. The molecule has 0 heterocycles. The Labute approximate surface area is 69.4 Å². The Bertz CT molecular complexity index is 146. The zero-order valence-electron chi connectivity index (χ0n) is 7.89. The lowest BCUT2D eigenvalue weighted by Crippen LogP contribution is -2.13. The van der Waals surface area contributed by atoms with Crippen LogP contribution < -0.4 is 5.32 Å². The smallest absolute Gasteiger partial charge is 0.0277 e. The zero-order valence-corrected chi connectivity index (χ0v) is 7.89. The van der Waals surface area contributed by atoms with Crippen LogP contribution >= 0.6 is 0 Å². The summed E-state index contributed by atoms with van der Waals surface area (Å²) in [5.74, 6) is 0.692. The molecule has 2 nitrogen and oxygen atoms in total. The van der Waals surface area contributed by atoms with Crippen molar-refractivity contribution >= 4 is 6.21 Å². The average molecular weight is 154 g/mol. The molecule has 64 valence electrons. The van der Waals surface area contributed by atoms with E-state index < -0.39 is 0 Å². The van der Waals surface area contributed by atoms with Crippen LogP contribution in [0.5, 0.6) is 0 Å². The summed E-state index contributed by atoms with van der Waals surface area (Å²) in [5.41, 5.74) is 1.16. The van der Waals surface area contributed by atoms with Gasteiger partial charge >= 0.3 is 0 Å². The van der Waals surface area contributed by atoms with Crippen molar-refractivity contribution < 1.29 is 0 Å². The van der Waals surface area contributed by atoms with Crippen molar-refractivity contribution in [2.75, 3.05) is 13.6 Å². The topological polar surface area (TPSA) is 24.4 Å². The molecule has 0 amide bonds. The van der Waals surface area contributed by atoms with Gasteiger partial charge in [-0.2, -0.15) is 0 Å². The maximum Gasteiger partial charge on any atom is 0.0277 e. The molecule has 0 aromatic carbocycles. The molecule has 0 saturated heterocycles. The SMILES string of the molecule is C/N=C\C(C)=C/NCC(C)C. The van der Waals surface area contributed by atoms with Crippen LogP contribution in [0.25, 0.3) is 0 Å². The number of aliphatic imine (C=N–C) groups is 1. The van der Waals surface area contributed by atoms with E-state index in [1.165, 1.54) is 0 Å². The Kier molecular flexibility index (Phi) is 5.53. The maximum atomic E-state index is 3.90. The molecule has 0 unspecified atom stereocenters. The molecule has 0 aromatic rings. The Morgan fingerprint density at radius 3 is 2.64 bits per heavy atom. The normalized spacial score (nSPS) is 13.0. The van der Waals surface area contributed by atoms with Gasteiger partial charge in [0.05, 0.1) is 0 Å². The van der Waals surface area contributed by atoms with E-state index in [1.54, 1.807) is 7.05 Å². The summed E-state index contributed by atoms with van der Waals surface area (Å²) in [5, 5.41) is 3.22. The molecule has 0 atom stereocenters. The Hall–Kier alpha value is -0.790.